The topological polar surface area (TPSA) is 38.0 Å². The molecular formula is C7H18N2. The Balaban J connectivity index is 3.70. The SMILES string of the molecule is CNC[C@](C)(N)C(C)C. The fourth-order valence-corrected chi connectivity index (χ4v) is 0.585. The first-order valence-corrected chi connectivity index (χ1v) is 3.44. The molecule has 9 heavy (non-hydrogen) atoms. The molecule has 1 atom stereocenters. The van der Waals surface area contributed by atoms with Gasteiger partial charge in [0, 0.05) is 12.1 Å². The molecule has 0 aliphatic heterocycles. The number of nitrogens with two attached hydrogens (primary N) is 1. The van der Waals surface area contributed by atoms with Crippen molar-refractivity contribution >= 4 is 0 Å². The summed E-state index contributed by atoms with van der Waals surface area (Å²) in [5.74, 6) is 0.532. The normalized spacial score (nSPS) is 18.0. The van der Waals surface area contributed by atoms with Gasteiger partial charge in [0.05, 0.1) is 0 Å². The molecule has 0 fully saturated rings. The van der Waals surface area contributed by atoms with Gasteiger partial charge in [-0.2, -0.15) is 0 Å². The summed E-state index contributed by atoms with van der Waals surface area (Å²) in [6.07, 6.45) is 0. The van der Waals surface area contributed by atoms with E-state index >= 15 is 0 Å². The van der Waals surface area contributed by atoms with Gasteiger partial charge in [0.25, 0.3) is 0 Å². The van der Waals surface area contributed by atoms with Crippen LogP contribution in [-0.4, -0.2) is 19.1 Å². The Bertz CT molecular complexity index is 77.0. The van der Waals surface area contributed by atoms with Crippen LogP contribution in [0, 0.1) is 5.92 Å². The summed E-state index contributed by atoms with van der Waals surface area (Å²) in [5, 5.41) is 3.06. The number of rotatable bonds is 3. The zero-order valence-corrected chi connectivity index (χ0v) is 6.86. The quantitative estimate of drug-likeness (QED) is 0.586. The van der Waals surface area contributed by atoms with Crippen molar-refractivity contribution in [3.63, 3.8) is 0 Å². The Morgan fingerprint density at radius 3 is 2.11 bits per heavy atom. The molecule has 56 valence electrons. The van der Waals surface area contributed by atoms with Crippen LogP contribution < -0.4 is 11.1 Å². The third kappa shape index (κ3) is 2.82. The molecule has 0 radical (unpaired) electrons. The van der Waals surface area contributed by atoms with Crippen molar-refractivity contribution in [1.82, 2.24) is 5.32 Å². The summed E-state index contributed by atoms with van der Waals surface area (Å²) < 4.78 is 0. The van der Waals surface area contributed by atoms with Crippen LogP contribution >= 0.6 is 0 Å². The average Bonchev–Trinajstić information content (AvgIpc) is 1.65. The number of hydrogen-bond donors (Lipinski definition) is 2. The predicted octanol–water partition coefficient (Wildman–Crippen LogP) is 0.579. The highest BCUT2D eigenvalue weighted by molar-refractivity contribution is 4.83. The Kier molecular flexibility index (Phi) is 3.15. The van der Waals surface area contributed by atoms with Crippen LogP contribution in [0.2, 0.25) is 0 Å². The minimum Gasteiger partial charge on any atom is -0.324 e. The summed E-state index contributed by atoms with van der Waals surface area (Å²) in [4.78, 5) is 0. The van der Waals surface area contributed by atoms with Crippen LogP contribution in [0.25, 0.3) is 0 Å². The molecule has 0 heterocycles. The Hall–Kier alpha value is -0.0800. The van der Waals surface area contributed by atoms with E-state index in [2.05, 4.69) is 26.1 Å². The first-order valence-electron chi connectivity index (χ1n) is 3.44. The van der Waals surface area contributed by atoms with Gasteiger partial charge in [-0.15, -0.1) is 0 Å². The maximum atomic E-state index is 5.91. The lowest BCUT2D eigenvalue weighted by Crippen LogP contribution is -2.49. The molecule has 0 spiro atoms. The van der Waals surface area contributed by atoms with E-state index in [1.807, 2.05) is 7.05 Å². The summed E-state index contributed by atoms with van der Waals surface area (Å²) in [7, 11) is 1.92. The smallest absolute Gasteiger partial charge is 0.0275 e. The zero-order valence-electron chi connectivity index (χ0n) is 6.86. The van der Waals surface area contributed by atoms with E-state index in [-0.39, 0.29) is 5.54 Å². The first-order chi connectivity index (χ1) is 4.00. The molecule has 0 aromatic heterocycles. The van der Waals surface area contributed by atoms with Gasteiger partial charge in [0.2, 0.25) is 0 Å². The first kappa shape index (κ1) is 8.92. The summed E-state index contributed by atoms with van der Waals surface area (Å²) in [6, 6.07) is 0. The van der Waals surface area contributed by atoms with Crippen LogP contribution in [0.1, 0.15) is 20.8 Å². The Morgan fingerprint density at radius 1 is 1.56 bits per heavy atom. The monoisotopic (exact) mass is 130 g/mol. The molecule has 0 aliphatic rings. The standard InChI is InChI=1S/C7H18N2/c1-6(2)7(3,8)5-9-4/h6,9H,5,8H2,1-4H3/t7-/m0/s1. The Morgan fingerprint density at radius 2 is 2.00 bits per heavy atom. The average molecular weight is 130 g/mol. The van der Waals surface area contributed by atoms with Crippen LogP contribution in [0.15, 0.2) is 0 Å². The molecule has 0 amide bonds. The number of likely N-dealkylation sites (N-methyl/N-ethyl adjacent to an activating group) is 1. The van der Waals surface area contributed by atoms with Crippen molar-refractivity contribution in [2.24, 2.45) is 11.7 Å². The van der Waals surface area contributed by atoms with E-state index in [4.69, 9.17) is 5.73 Å². The predicted molar refractivity (Wildman–Crippen MR) is 41.4 cm³/mol. The van der Waals surface area contributed by atoms with Gasteiger partial charge in [0.15, 0.2) is 0 Å². The lowest BCUT2D eigenvalue weighted by atomic mass is 9.90. The van der Waals surface area contributed by atoms with Gasteiger partial charge in [-0.1, -0.05) is 13.8 Å². The molecule has 0 saturated heterocycles. The van der Waals surface area contributed by atoms with Crippen molar-refractivity contribution in [3.05, 3.63) is 0 Å². The lowest BCUT2D eigenvalue weighted by Gasteiger charge is -2.28. The van der Waals surface area contributed by atoms with Gasteiger partial charge in [0.1, 0.15) is 0 Å². The van der Waals surface area contributed by atoms with E-state index in [1.165, 1.54) is 0 Å². The lowest BCUT2D eigenvalue weighted by molar-refractivity contribution is 0.330. The third-order valence-electron chi connectivity index (χ3n) is 1.88. The highest BCUT2D eigenvalue weighted by Gasteiger charge is 2.20. The van der Waals surface area contributed by atoms with E-state index in [0.717, 1.165) is 6.54 Å². The molecule has 0 unspecified atom stereocenters. The second-order valence-electron chi connectivity index (χ2n) is 3.19. The molecule has 0 aromatic carbocycles. The van der Waals surface area contributed by atoms with Gasteiger partial charge in [-0.25, -0.2) is 0 Å². The molecule has 0 bridgehead atoms. The number of nitrogens with one attached hydrogen (secondary N) is 1. The summed E-state index contributed by atoms with van der Waals surface area (Å²) in [5.41, 5.74) is 5.85. The molecule has 0 saturated carbocycles. The van der Waals surface area contributed by atoms with Gasteiger partial charge < -0.3 is 11.1 Å². The van der Waals surface area contributed by atoms with Crippen molar-refractivity contribution < 1.29 is 0 Å². The van der Waals surface area contributed by atoms with E-state index < -0.39 is 0 Å². The minimum absolute atomic E-state index is 0.0608. The van der Waals surface area contributed by atoms with Crippen molar-refractivity contribution in [1.29, 1.82) is 0 Å². The molecule has 0 aromatic rings. The fourth-order valence-electron chi connectivity index (χ4n) is 0.585. The van der Waals surface area contributed by atoms with E-state index in [0.29, 0.717) is 5.92 Å². The molecule has 2 nitrogen and oxygen atoms in total. The van der Waals surface area contributed by atoms with Crippen LogP contribution in [0.4, 0.5) is 0 Å². The molecule has 0 aliphatic carbocycles. The maximum Gasteiger partial charge on any atom is 0.0275 e. The van der Waals surface area contributed by atoms with Gasteiger partial charge in [-0.3, -0.25) is 0 Å². The summed E-state index contributed by atoms with van der Waals surface area (Å²) in [6.45, 7) is 7.22. The Labute approximate surface area is 57.8 Å². The van der Waals surface area contributed by atoms with Gasteiger partial charge in [-0.05, 0) is 19.9 Å². The maximum absolute atomic E-state index is 5.91. The van der Waals surface area contributed by atoms with Crippen molar-refractivity contribution in [2.45, 2.75) is 26.3 Å². The van der Waals surface area contributed by atoms with Crippen LogP contribution in [0.3, 0.4) is 0 Å². The zero-order chi connectivity index (χ0) is 7.49. The summed E-state index contributed by atoms with van der Waals surface area (Å²) >= 11 is 0. The third-order valence-corrected chi connectivity index (χ3v) is 1.88. The molecule has 2 heteroatoms. The largest absolute Gasteiger partial charge is 0.324 e. The van der Waals surface area contributed by atoms with Crippen molar-refractivity contribution in [2.75, 3.05) is 13.6 Å². The van der Waals surface area contributed by atoms with E-state index in [9.17, 15) is 0 Å². The highest BCUT2D eigenvalue weighted by atomic mass is 14.9. The highest BCUT2D eigenvalue weighted by Crippen LogP contribution is 2.10. The van der Waals surface area contributed by atoms with Gasteiger partial charge >= 0.3 is 0 Å². The second kappa shape index (κ2) is 3.18. The van der Waals surface area contributed by atoms with Crippen LogP contribution in [-0.2, 0) is 0 Å². The number of hydrogen-bond acceptors (Lipinski definition) is 2. The second-order valence-corrected chi connectivity index (χ2v) is 3.19. The minimum atomic E-state index is -0.0608. The van der Waals surface area contributed by atoms with Crippen molar-refractivity contribution in [3.8, 4) is 0 Å². The molecule has 0 rings (SSSR count). The fraction of sp³-hybridized carbons (Fsp3) is 1.00. The van der Waals surface area contributed by atoms with Crippen LogP contribution in [0.5, 0.6) is 0 Å². The molecule has 3 N–H and O–H groups in total. The van der Waals surface area contributed by atoms with E-state index in [1.54, 1.807) is 0 Å². The molecular weight excluding hydrogens is 112 g/mol.